The average molecular weight is 582 g/mol. The van der Waals surface area contributed by atoms with Gasteiger partial charge in [-0.2, -0.15) is 0 Å². The molecule has 0 saturated carbocycles. The molecule has 43 heavy (non-hydrogen) atoms. The summed E-state index contributed by atoms with van der Waals surface area (Å²) in [5.41, 5.74) is 5.95. The highest BCUT2D eigenvalue weighted by Gasteiger charge is 2.51. The van der Waals surface area contributed by atoms with Crippen LogP contribution in [0.3, 0.4) is 0 Å². The van der Waals surface area contributed by atoms with Gasteiger partial charge in [0.1, 0.15) is 17.2 Å². The number of carbonyl (C=O) groups is 2. The molecule has 1 aliphatic carbocycles. The number of aryl methyl sites for hydroxylation is 3. The van der Waals surface area contributed by atoms with Crippen LogP contribution < -0.4 is 10.1 Å². The molecule has 1 amide bonds. The normalized spacial score (nSPS) is 16.5. The molecule has 0 bridgehead atoms. The number of carbonyl (C=O) groups excluding carboxylic acids is 2. The second-order valence-corrected chi connectivity index (χ2v) is 12.7. The third kappa shape index (κ3) is 6.23. The zero-order valence-electron chi connectivity index (χ0n) is 26.4. The molecule has 5 heteroatoms. The van der Waals surface area contributed by atoms with Crippen LogP contribution in [0.4, 0.5) is 0 Å². The maximum absolute atomic E-state index is 13.5. The first-order valence-electron chi connectivity index (χ1n) is 16.4. The number of Topliss-reactive ketones (excluding diaryl/α,β-unsaturated/α-hetero) is 1. The van der Waals surface area contributed by atoms with E-state index in [0.717, 1.165) is 46.2 Å². The minimum Gasteiger partial charge on any atom is -0.508 e. The summed E-state index contributed by atoms with van der Waals surface area (Å²) < 4.78 is 6.34. The van der Waals surface area contributed by atoms with Gasteiger partial charge in [0.25, 0.3) is 5.91 Å². The number of unbranched alkanes of at least 4 members (excludes halogenated alkanes) is 10. The Labute approximate surface area is 257 Å². The number of hydrogen-bond acceptors (Lipinski definition) is 4. The average Bonchev–Trinajstić information content (AvgIpc) is 3.28. The minimum absolute atomic E-state index is 0.0469. The van der Waals surface area contributed by atoms with Gasteiger partial charge in [-0.15, -0.1) is 0 Å². The van der Waals surface area contributed by atoms with Crippen molar-refractivity contribution < 1.29 is 19.4 Å². The van der Waals surface area contributed by atoms with Crippen LogP contribution >= 0.6 is 0 Å². The number of nitrogens with one attached hydrogen (secondary N) is 1. The number of amides is 1. The van der Waals surface area contributed by atoms with Crippen molar-refractivity contribution in [2.24, 2.45) is 0 Å². The number of ketones is 1. The fourth-order valence-electron chi connectivity index (χ4n) is 6.85. The third-order valence-electron chi connectivity index (χ3n) is 9.57. The fourth-order valence-corrected chi connectivity index (χ4v) is 6.85. The van der Waals surface area contributed by atoms with Crippen molar-refractivity contribution in [1.82, 2.24) is 5.32 Å². The smallest absolute Gasteiger partial charge is 0.251 e. The van der Waals surface area contributed by atoms with Crippen molar-refractivity contribution >= 4 is 11.7 Å². The molecule has 1 unspecified atom stereocenters. The summed E-state index contributed by atoms with van der Waals surface area (Å²) in [6.45, 7) is 8.87. The Kier molecular flexibility index (Phi) is 9.59. The highest BCUT2D eigenvalue weighted by Crippen LogP contribution is 2.58. The van der Waals surface area contributed by atoms with Crippen molar-refractivity contribution in [3.05, 3.63) is 87.0 Å². The highest BCUT2D eigenvalue weighted by molar-refractivity contribution is 6.06. The molecule has 2 aliphatic rings. The van der Waals surface area contributed by atoms with Gasteiger partial charge in [-0.1, -0.05) is 83.3 Å². The molecule has 3 aromatic rings. The molecular weight excluding hydrogens is 534 g/mol. The third-order valence-corrected chi connectivity index (χ3v) is 9.57. The van der Waals surface area contributed by atoms with Gasteiger partial charge >= 0.3 is 0 Å². The van der Waals surface area contributed by atoms with E-state index in [1.165, 1.54) is 57.8 Å². The van der Waals surface area contributed by atoms with Gasteiger partial charge in [-0.3, -0.25) is 9.59 Å². The van der Waals surface area contributed by atoms with E-state index in [1.54, 1.807) is 12.1 Å². The van der Waals surface area contributed by atoms with Crippen molar-refractivity contribution in [3.63, 3.8) is 0 Å². The van der Waals surface area contributed by atoms with E-state index in [0.29, 0.717) is 29.2 Å². The summed E-state index contributed by atoms with van der Waals surface area (Å²) in [4.78, 5) is 26.9. The maximum atomic E-state index is 13.5. The van der Waals surface area contributed by atoms with Crippen molar-refractivity contribution in [2.45, 2.75) is 110 Å². The number of fused-ring (bicyclic) bond motifs is 6. The standard InChI is InChI=1S/C38H47NO4/c1-5-6-7-8-9-10-11-12-13-14-15-18-39-37(42)28-16-17-29-30(22-28)38(24-34(29)41)31-19-25(2)26(3)21-35(31)43-36-23-33(40)27(4)20-32(36)38/h16-17,19-23,40H,5-15,18,24H2,1-4H3,(H,39,42). The largest absolute Gasteiger partial charge is 0.508 e. The lowest BCUT2D eigenvalue weighted by molar-refractivity contribution is 0.0950. The van der Waals surface area contributed by atoms with Gasteiger partial charge in [0.2, 0.25) is 0 Å². The van der Waals surface area contributed by atoms with E-state index in [1.807, 2.05) is 38.1 Å². The predicted molar refractivity (Wildman–Crippen MR) is 173 cm³/mol. The van der Waals surface area contributed by atoms with Crippen LogP contribution in [0.5, 0.6) is 17.2 Å². The van der Waals surface area contributed by atoms with Crippen LogP contribution in [0.1, 0.15) is 138 Å². The number of rotatable bonds is 13. The lowest BCUT2D eigenvalue weighted by atomic mass is 9.67. The van der Waals surface area contributed by atoms with Gasteiger partial charge in [0.05, 0.1) is 5.41 Å². The first-order chi connectivity index (χ1) is 20.8. The van der Waals surface area contributed by atoms with Crippen LogP contribution in [0.2, 0.25) is 0 Å². The Morgan fingerprint density at radius 2 is 1.35 bits per heavy atom. The number of hydrogen-bond donors (Lipinski definition) is 2. The summed E-state index contributed by atoms with van der Waals surface area (Å²) in [6, 6.07) is 13.2. The lowest BCUT2D eigenvalue weighted by Crippen LogP contribution is -2.32. The molecule has 0 saturated heterocycles. The molecule has 5 nitrogen and oxygen atoms in total. The minimum atomic E-state index is -0.793. The zero-order valence-corrected chi connectivity index (χ0v) is 26.4. The lowest BCUT2D eigenvalue weighted by Gasteiger charge is -2.38. The second-order valence-electron chi connectivity index (χ2n) is 12.7. The number of phenols is 1. The molecule has 0 aromatic heterocycles. The number of aromatic hydroxyl groups is 1. The van der Waals surface area contributed by atoms with E-state index >= 15 is 0 Å². The first-order valence-corrected chi connectivity index (χ1v) is 16.4. The van der Waals surface area contributed by atoms with E-state index < -0.39 is 5.41 Å². The predicted octanol–water partition coefficient (Wildman–Crippen LogP) is 9.38. The Balaban J connectivity index is 1.31. The summed E-state index contributed by atoms with van der Waals surface area (Å²) in [7, 11) is 0. The quantitative estimate of drug-likeness (QED) is 0.197. The van der Waals surface area contributed by atoms with E-state index in [4.69, 9.17) is 4.74 Å². The van der Waals surface area contributed by atoms with E-state index in [2.05, 4.69) is 25.2 Å². The molecule has 0 radical (unpaired) electrons. The fraction of sp³-hybridized carbons (Fsp3) is 0.474. The molecule has 1 heterocycles. The van der Waals surface area contributed by atoms with Gasteiger partial charge < -0.3 is 15.2 Å². The second kappa shape index (κ2) is 13.4. The Morgan fingerprint density at radius 1 is 0.767 bits per heavy atom. The van der Waals surface area contributed by atoms with E-state index in [9.17, 15) is 14.7 Å². The van der Waals surface area contributed by atoms with Crippen LogP contribution in [0.15, 0.2) is 42.5 Å². The summed E-state index contributed by atoms with van der Waals surface area (Å²) in [5, 5.41) is 13.6. The topological polar surface area (TPSA) is 75.6 Å². The number of phenolic OH excluding ortho intramolecular Hbond substituents is 1. The van der Waals surface area contributed by atoms with Gasteiger partial charge in [0, 0.05) is 41.3 Å². The Hall–Kier alpha value is -3.60. The van der Waals surface area contributed by atoms with Crippen LogP contribution in [0.25, 0.3) is 0 Å². The van der Waals surface area contributed by atoms with Crippen LogP contribution in [-0.4, -0.2) is 23.3 Å². The molecule has 1 atom stereocenters. The summed E-state index contributed by atoms with van der Waals surface area (Å²) in [5.74, 6) is 1.32. The number of benzene rings is 3. The molecule has 228 valence electrons. The monoisotopic (exact) mass is 581 g/mol. The zero-order chi connectivity index (χ0) is 30.6. The van der Waals surface area contributed by atoms with Gasteiger partial charge in [-0.25, -0.2) is 0 Å². The van der Waals surface area contributed by atoms with Gasteiger partial charge in [0.15, 0.2) is 5.78 Å². The SMILES string of the molecule is CCCCCCCCCCCCCNC(=O)c1ccc2c(c1)C1(CC2=O)c2cc(C)c(C)cc2Oc2cc(O)c(C)cc21. The highest BCUT2D eigenvalue weighted by atomic mass is 16.5. The summed E-state index contributed by atoms with van der Waals surface area (Å²) >= 11 is 0. The van der Waals surface area contributed by atoms with Crippen LogP contribution in [0, 0.1) is 20.8 Å². The summed E-state index contributed by atoms with van der Waals surface area (Å²) in [6.07, 6.45) is 14.2. The Morgan fingerprint density at radius 3 is 2.02 bits per heavy atom. The molecule has 2 N–H and O–H groups in total. The molecule has 5 rings (SSSR count). The molecule has 1 spiro atoms. The Bertz CT molecular complexity index is 1450. The molecule has 0 fully saturated rings. The first kappa shape index (κ1) is 30.8. The van der Waals surface area contributed by atoms with Gasteiger partial charge in [-0.05, 0) is 73.7 Å². The molecule has 1 aliphatic heterocycles. The molecular formula is C38H47NO4. The molecule has 3 aromatic carbocycles. The van der Waals surface area contributed by atoms with Crippen molar-refractivity contribution in [3.8, 4) is 17.2 Å². The van der Waals surface area contributed by atoms with Crippen LogP contribution in [-0.2, 0) is 5.41 Å². The van der Waals surface area contributed by atoms with Crippen molar-refractivity contribution in [1.29, 1.82) is 0 Å². The maximum Gasteiger partial charge on any atom is 0.251 e. The number of ether oxygens (including phenoxy) is 1. The van der Waals surface area contributed by atoms with E-state index in [-0.39, 0.29) is 23.9 Å². The van der Waals surface area contributed by atoms with Crippen molar-refractivity contribution in [2.75, 3.05) is 6.54 Å².